The number of anilines is 1. The van der Waals surface area contributed by atoms with Crippen LogP contribution in [0.4, 0.5) is 5.13 Å². The predicted octanol–water partition coefficient (Wildman–Crippen LogP) is 3.16. The van der Waals surface area contributed by atoms with Gasteiger partial charge in [0.25, 0.3) is 5.91 Å². The molecule has 0 fully saturated rings. The number of carbonyl (C=O) groups excluding carboxylic acids is 1. The van der Waals surface area contributed by atoms with Gasteiger partial charge in [-0.3, -0.25) is 4.79 Å². The van der Waals surface area contributed by atoms with Gasteiger partial charge in [0.15, 0.2) is 5.13 Å². The van der Waals surface area contributed by atoms with Crippen molar-refractivity contribution in [2.75, 3.05) is 5.73 Å². The fraction of sp³-hybridized carbons (Fsp3) is 0.286. The lowest BCUT2D eigenvalue weighted by molar-refractivity contribution is 0.0943. The minimum Gasteiger partial charge on any atom is -0.375 e. The van der Waals surface area contributed by atoms with E-state index in [1.54, 1.807) is 6.92 Å². The third-order valence-corrected chi connectivity index (χ3v) is 4.37. The molecule has 0 saturated heterocycles. The molecule has 1 atom stereocenters. The van der Waals surface area contributed by atoms with E-state index in [2.05, 4.69) is 26.2 Å². The lowest BCUT2D eigenvalue weighted by Gasteiger charge is -2.13. The van der Waals surface area contributed by atoms with Crippen molar-refractivity contribution in [3.05, 3.63) is 44.9 Å². The van der Waals surface area contributed by atoms with Gasteiger partial charge in [0.05, 0.1) is 5.69 Å². The maximum Gasteiger partial charge on any atom is 0.263 e. The standard InChI is InChI=1S/C14H16BrN3OS/c1-8(7-10-3-5-11(15)6-4-10)17-13(19)12-9(2)18-14(16)20-12/h3-6,8H,7H2,1-2H3,(H2,16,18)(H,17,19). The zero-order chi connectivity index (χ0) is 14.7. The van der Waals surface area contributed by atoms with Crippen molar-refractivity contribution in [2.24, 2.45) is 0 Å². The molecular formula is C14H16BrN3OS. The SMILES string of the molecule is Cc1nc(N)sc1C(=O)NC(C)Cc1ccc(Br)cc1. The fourth-order valence-electron chi connectivity index (χ4n) is 1.94. The summed E-state index contributed by atoms with van der Waals surface area (Å²) in [6.45, 7) is 3.78. The summed E-state index contributed by atoms with van der Waals surface area (Å²) in [4.78, 5) is 16.8. The van der Waals surface area contributed by atoms with Crippen LogP contribution in [-0.2, 0) is 6.42 Å². The second kappa shape index (κ2) is 6.37. The predicted molar refractivity (Wildman–Crippen MR) is 86.0 cm³/mol. The lowest BCUT2D eigenvalue weighted by atomic mass is 10.1. The van der Waals surface area contributed by atoms with Gasteiger partial charge in [-0.25, -0.2) is 4.98 Å². The maximum atomic E-state index is 12.1. The number of thiazole rings is 1. The minimum atomic E-state index is -0.110. The Morgan fingerprint density at radius 1 is 1.45 bits per heavy atom. The number of carbonyl (C=O) groups is 1. The number of nitrogens with two attached hydrogens (primary N) is 1. The topological polar surface area (TPSA) is 68.0 Å². The molecule has 0 saturated carbocycles. The highest BCUT2D eigenvalue weighted by Gasteiger charge is 2.16. The van der Waals surface area contributed by atoms with E-state index in [0.29, 0.717) is 15.7 Å². The van der Waals surface area contributed by atoms with Gasteiger partial charge in [-0.05, 0) is 38.0 Å². The summed E-state index contributed by atoms with van der Waals surface area (Å²) >= 11 is 4.63. The minimum absolute atomic E-state index is 0.0476. The summed E-state index contributed by atoms with van der Waals surface area (Å²) in [6, 6.07) is 8.13. The quantitative estimate of drug-likeness (QED) is 0.886. The van der Waals surface area contributed by atoms with Crippen LogP contribution in [0.5, 0.6) is 0 Å². The van der Waals surface area contributed by atoms with Crippen molar-refractivity contribution in [3.8, 4) is 0 Å². The molecule has 106 valence electrons. The molecule has 0 aliphatic carbocycles. The molecule has 0 spiro atoms. The first kappa shape index (κ1) is 15.0. The Bertz CT molecular complexity index is 609. The Morgan fingerprint density at radius 3 is 2.65 bits per heavy atom. The van der Waals surface area contributed by atoms with Crippen LogP contribution in [0.1, 0.15) is 27.9 Å². The molecule has 20 heavy (non-hydrogen) atoms. The van der Waals surface area contributed by atoms with E-state index in [9.17, 15) is 4.79 Å². The third kappa shape index (κ3) is 3.80. The Morgan fingerprint density at radius 2 is 2.10 bits per heavy atom. The van der Waals surface area contributed by atoms with Gasteiger partial charge in [0.2, 0.25) is 0 Å². The van der Waals surface area contributed by atoms with E-state index in [4.69, 9.17) is 5.73 Å². The average Bonchev–Trinajstić information content (AvgIpc) is 2.71. The van der Waals surface area contributed by atoms with Crippen LogP contribution in [0.2, 0.25) is 0 Å². The van der Waals surface area contributed by atoms with Gasteiger partial charge in [-0.1, -0.05) is 39.4 Å². The number of halogens is 1. The number of aromatic nitrogens is 1. The number of aryl methyl sites for hydroxylation is 1. The van der Waals surface area contributed by atoms with Crippen molar-refractivity contribution < 1.29 is 4.79 Å². The molecule has 4 nitrogen and oxygen atoms in total. The number of hydrogen-bond acceptors (Lipinski definition) is 4. The largest absolute Gasteiger partial charge is 0.375 e. The van der Waals surface area contributed by atoms with Gasteiger partial charge in [-0.2, -0.15) is 0 Å². The van der Waals surface area contributed by atoms with Gasteiger partial charge in [0.1, 0.15) is 4.88 Å². The van der Waals surface area contributed by atoms with Crippen molar-refractivity contribution in [2.45, 2.75) is 26.3 Å². The zero-order valence-corrected chi connectivity index (χ0v) is 13.7. The van der Waals surface area contributed by atoms with E-state index in [0.717, 1.165) is 10.9 Å². The second-order valence-corrected chi connectivity index (χ2v) is 6.62. The fourth-order valence-corrected chi connectivity index (χ4v) is 2.94. The Hall–Kier alpha value is -1.40. The van der Waals surface area contributed by atoms with Gasteiger partial charge in [0, 0.05) is 10.5 Å². The Balaban J connectivity index is 1.97. The molecule has 0 radical (unpaired) electrons. The normalized spacial score (nSPS) is 12.2. The van der Waals surface area contributed by atoms with Crippen LogP contribution in [0.15, 0.2) is 28.7 Å². The van der Waals surface area contributed by atoms with E-state index in [1.165, 1.54) is 16.9 Å². The van der Waals surface area contributed by atoms with E-state index in [1.807, 2.05) is 31.2 Å². The number of nitrogens with zero attached hydrogens (tertiary/aromatic N) is 1. The molecule has 2 aromatic rings. The molecule has 1 heterocycles. The first-order valence-corrected chi connectivity index (χ1v) is 7.85. The van der Waals surface area contributed by atoms with E-state index >= 15 is 0 Å². The molecule has 3 N–H and O–H groups in total. The molecule has 1 aromatic carbocycles. The molecule has 1 aromatic heterocycles. The third-order valence-electron chi connectivity index (χ3n) is 2.85. The highest BCUT2D eigenvalue weighted by molar-refractivity contribution is 9.10. The van der Waals surface area contributed by atoms with Crippen LogP contribution in [0.25, 0.3) is 0 Å². The number of amides is 1. The Kier molecular flexibility index (Phi) is 4.77. The van der Waals surface area contributed by atoms with Crippen LogP contribution in [0.3, 0.4) is 0 Å². The first-order chi connectivity index (χ1) is 9.45. The molecule has 0 aliphatic rings. The summed E-state index contributed by atoms with van der Waals surface area (Å²) in [5.74, 6) is -0.110. The monoisotopic (exact) mass is 353 g/mol. The molecule has 2 rings (SSSR count). The number of rotatable bonds is 4. The van der Waals surface area contributed by atoms with Gasteiger partial charge >= 0.3 is 0 Å². The highest BCUT2D eigenvalue weighted by atomic mass is 79.9. The second-order valence-electron chi connectivity index (χ2n) is 4.67. The molecule has 1 unspecified atom stereocenters. The molecule has 6 heteroatoms. The average molecular weight is 354 g/mol. The molecule has 0 aliphatic heterocycles. The molecule has 0 bridgehead atoms. The first-order valence-electron chi connectivity index (χ1n) is 6.24. The summed E-state index contributed by atoms with van der Waals surface area (Å²) < 4.78 is 1.05. The zero-order valence-electron chi connectivity index (χ0n) is 11.3. The van der Waals surface area contributed by atoms with Gasteiger partial charge in [-0.15, -0.1) is 0 Å². The maximum absolute atomic E-state index is 12.1. The summed E-state index contributed by atoms with van der Waals surface area (Å²) in [7, 11) is 0. The van der Waals surface area contributed by atoms with E-state index in [-0.39, 0.29) is 11.9 Å². The smallest absolute Gasteiger partial charge is 0.263 e. The van der Waals surface area contributed by atoms with E-state index < -0.39 is 0 Å². The van der Waals surface area contributed by atoms with Crippen LogP contribution in [-0.4, -0.2) is 16.9 Å². The summed E-state index contributed by atoms with van der Waals surface area (Å²) in [5.41, 5.74) is 7.47. The van der Waals surface area contributed by atoms with Crippen molar-refractivity contribution >= 4 is 38.3 Å². The molecule has 1 amide bonds. The molecular weight excluding hydrogens is 338 g/mol. The van der Waals surface area contributed by atoms with Crippen molar-refractivity contribution in [3.63, 3.8) is 0 Å². The Labute approximate surface area is 130 Å². The summed E-state index contributed by atoms with van der Waals surface area (Å²) in [6.07, 6.45) is 0.784. The van der Waals surface area contributed by atoms with Crippen LogP contribution < -0.4 is 11.1 Å². The number of benzene rings is 1. The lowest BCUT2D eigenvalue weighted by Crippen LogP contribution is -2.33. The highest BCUT2D eigenvalue weighted by Crippen LogP contribution is 2.19. The number of nitrogens with one attached hydrogen (secondary N) is 1. The van der Waals surface area contributed by atoms with Crippen LogP contribution in [0, 0.1) is 6.92 Å². The van der Waals surface area contributed by atoms with Gasteiger partial charge < -0.3 is 11.1 Å². The number of nitrogen functional groups attached to an aromatic ring is 1. The number of hydrogen-bond donors (Lipinski definition) is 2. The summed E-state index contributed by atoms with van der Waals surface area (Å²) in [5, 5.41) is 3.40. The van der Waals surface area contributed by atoms with Crippen molar-refractivity contribution in [1.82, 2.24) is 10.3 Å². The van der Waals surface area contributed by atoms with Crippen molar-refractivity contribution in [1.29, 1.82) is 0 Å². The van der Waals surface area contributed by atoms with Crippen LogP contribution >= 0.6 is 27.3 Å².